The van der Waals surface area contributed by atoms with Gasteiger partial charge in [0, 0.05) is 0 Å². The Morgan fingerprint density at radius 1 is 0.667 bits per heavy atom. The topological polar surface area (TPSA) is 0 Å². The van der Waals surface area contributed by atoms with Crippen molar-refractivity contribution in [3.05, 3.63) is 0 Å². The number of hydrogen-bond donors (Lipinski definition) is 0. The molecular weight excluding hydrogens is 235 g/mol. The SMILES string of the molecule is CCCCC(C)CCCC(C)CCCC(C)CP. The summed E-state index contributed by atoms with van der Waals surface area (Å²) in [4.78, 5) is 0. The predicted molar refractivity (Wildman–Crippen MR) is 89.3 cm³/mol. The minimum absolute atomic E-state index is 0.899. The molecule has 0 heterocycles. The van der Waals surface area contributed by atoms with Crippen LogP contribution in [0.1, 0.15) is 85.5 Å². The van der Waals surface area contributed by atoms with Crippen molar-refractivity contribution in [1.29, 1.82) is 0 Å². The molecule has 18 heavy (non-hydrogen) atoms. The lowest BCUT2D eigenvalue weighted by Crippen LogP contribution is -2.01. The molecular formula is C17H37P. The molecule has 0 aromatic rings. The zero-order chi connectivity index (χ0) is 13.8. The molecule has 0 spiro atoms. The lowest BCUT2D eigenvalue weighted by atomic mass is 9.92. The van der Waals surface area contributed by atoms with Gasteiger partial charge in [0.15, 0.2) is 0 Å². The van der Waals surface area contributed by atoms with Gasteiger partial charge in [-0.25, -0.2) is 0 Å². The van der Waals surface area contributed by atoms with Crippen molar-refractivity contribution < 1.29 is 0 Å². The van der Waals surface area contributed by atoms with Crippen LogP contribution in [0.3, 0.4) is 0 Å². The fraction of sp³-hybridized carbons (Fsp3) is 1.00. The van der Waals surface area contributed by atoms with Crippen LogP contribution in [0.15, 0.2) is 0 Å². The third-order valence-corrected chi connectivity index (χ3v) is 5.05. The average Bonchev–Trinajstić information content (AvgIpc) is 2.36. The second-order valence-corrected chi connectivity index (χ2v) is 7.03. The highest BCUT2D eigenvalue weighted by Crippen LogP contribution is 2.21. The quantitative estimate of drug-likeness (QED) is 0.366. The molecule has 0 aromatic heterocycles. The number of hydrogen-bond acceptors (Lipinski definition) is 0. The molecule has 0 bridgehead atoms. The van der Waals surface area contributed by atoms with Crippen molar-refractivity contribution in [2.24, 2.45) is 17.8 Å². The molecule has 0 aliphatic rings. The van der Waals surface area contributed by atoms with E-state index in [9.17, 15) is 0 Å². The smallest absolute Gasteiger partial charge is 0.0355 e. The Balaban J connectivity index is 3.38. The van der Waals surface area contributed by atoms with Crippen LogP contribution in [0.25, 0.3) is 0 Å². The summed E-state index contributed by atoms with van der Waals surface area (Å²) in [5, 5.41) is 0. The largest absolute Gasteiger partial charge is 0.137 e. The second kappa shape index (κ2) is 12.5. The third kappa shape index (κ3) is 11.5. The number of rotatable bonds is 12. The second-order valence-electron chi connectivity index (χ2n) is 6.56. The van der Waals surface area contributed by atoms with Gasteiger partial charge in [-0.2, -0.15) is 0 Å². The Kier molecular flexibility index (Phi) is 12.8. The van der Waals surface area contributed by atoms with Crippen LogP contribution in [0.4, 0.5) is 0 Å². The summed E-state index contributed by atoms with van der Waals surface area (Å²) in [6, 6.07) is 0. The maximum atomic E-state index is 2.87. The van der Waals surface area contributed by atoms with Crippen LogP contribution >= 0.6 is 9.24 Å². The van der Waals surface area contributed by atoms with Crippen LogP contribution in [-0.2, 0) is 0 Å². The van der Waals surface area contributed by atoms with Gasteiger partial charge in [-0.1, -0.05) is 85.5 Å². The molecule has 0 aromatic carbocycles. The van der Waals surface area contributed by atoms with E-state index in [1.54, 1.807) is 0 Å². The number of unbranched alkanes of at least 4 members (excludes halogenated alkanes) is 1. The van der Waals surface area contributed by atoms with E-state index in [2.05, 4.69) is 36.9 Å². The van der Waals surface area contributed by atoms with Gasteiger partial charge in [0.1, 0.15) is 0 Å². The molecule has 4 atom stereocenters. The van der Waals surface area contributed by atoms with E-state index in [0.717, 1.165) is 17.8 Å². The molecule has 0 fully saturated rings. The van der Waals surface area contributed by atoms with Crippen LogP contribution < -0.4 is 0 Å². The zero-order valence-electron chi connectivity index (χ0n) is 13.4. The molecule has 1 heteroatoms. The summed E-state index contributed by atoms with van der Waals surface area (Å²) in [7, 11) is 2.87. The summed E-state index contributed by atoms with van der Waals surface area (Å²) >= 11 is 0. The van der Waals surface area contributed by atoms with E-state index in [0.29, 0.717) is 0 Å². The fourth-order valence-corrected chi connectivity index (χ4v) is 2.82. The first-order chi connectivity index (χ1) is 8.60. The van der Waals surface area contributed by atoms with Gasteiger partial charge in [0.25, 0.3) is 0 Å². The van der Waals surface area contributed by atoms with E-state index in [-0.39, 0.29) is 0 Å². The monoisotopic (exact) mass is 272 g/mol. The average molecular weight is 272 g/mol. The minimum Gasteiger partial charge on any atom is -0.137 e. The van der Waals surface area contributed by atoms with Crippen molar-refractivity contribution in [2.75, 3.05) is 6.16 Å². The lowest BCUT2D eigenvalue weighted by molar-refractivity contribution is 0.389. The molecule has 0 N–H and O–H groups in total. The van der Waals surface area contributed by atoms with Crippen molar-refractivity contribution >= 4 is 9.24 Å². The van der Waals surface area contributed by atoms with Crippen molar-refractivity contribution in [3.63, 3.8) is 0 Å². The molecule has 0 aliphatic carbocycles. The summed E-state index contributed by atoms with van der Waals surface area (Å²) in [6.45, 7) is 9.54. The van der Waals surface area contributed by atoms with E-state index in [1.165, 1.54) is 63.9 Å². The van der Waals surface area contributed by atoms with Crippen LogP contribution in [-0.4, -0.2) is 6.16 Å². The molecule has 0 aliphatic heterocycles. The molecule has 0 saturated carbocycles. The Labute approximate surface area is 119 Å². The highest BCUT2D eigenvalue weighted by molar-refractivity contribution is 7.16. The molecule has 0 radical (unpaired) electrons. The fourth-order valence-electron chi connectivity index (χ4n) is 2.59. The first kappa shape index (κ1) is 18.4. The van der Waals surface area contributed by atoms with Crippen LogP contribution in [0, 0.1) is 17.8 Å². The Morgan fingerprint density at radius 2 is 1.06 bits per heavy atom. The summed E-state index contributed by atoms with van der Waals surface area (Å²) in [5.74, 6) is 2.80. The van der Waals surface area contributed by atoms with Gasteiger partial charge in [0.2, 0.25) is 0 Å². The van der Waals surface area contributed by atoms with Crippen LogP contribution in [0.5, 0.6) is 0 Å². The van der Waals surface area contributed by atoms with Gasteiger partial charge < -0.3 is 0 Å². The van der Waals surface area contributed by atoms with Gasteiger partial charge in [0.05, 0.1) is 0 Å². The molecule has 0 saturated heterocycles. The van der Waals surface area contributed by atoms with Crippen LogP contribution in [0.2, 0.25) is 0 Å². The maximum Gasteiger partial charge on any atom is -0.0355 e. The highest BCUT2D eigenvalue weighted by Gasteiger charge is 2.06. The van der Waals surface area contributed by atoms with E-state index >= 15 is 0 Å². The van der Waals surface area contributed by atoms with Gasteiger partial charge in [-0.05, 0) is 23.9 Å². The van der Waals surface area contributed by atoms with Crippen molar-refractivity contribution in [3.8, 4) is 0 Å². The Morgan fingerprint density at radius 3 is 1.44 bits per heavy atom. The van der Waals surface area contributed by atoms with E-state index in [1.807, 2.05) is 0 Å². The third-order valence-electron chi connectivity index (χ3n) is 4.24. The maximum absolute atomic E-state index is 2.87. The standard InChI is InChI=1S/C17H37P/c1-5-6-9-15(2)10-7-11-16(3)12-8-13-17(4)14-18/h15-17H,5-14,18H2,1-4H3. The normalized spacial score (nSPS) is 16.5. The van der Waals surface area contributed by atoms with Gasteiger partial charge in [-0.15, -0.1) is 9.24 Å². The Bertz CT molecular complexity index is 167. The van der Waals surface area contributed by atoms with E-state index < -0.39 is 0 Å². The molecule has 0 amide bonds. The predicted octanol–water partition coefficient (Wildman–Crippen LogP) is 6.30. The molecule has 0 nitrogen and oxygen atoms in total. The van der Waals surface area contributed by atoms with Gasteiger partial charge >= 0.3 is 0 Å². The van der Waals surface area contributed by atoms with E-state index in [4.69, 9.17) is 0 Å². The molecule has 0 rings (SSSR count). The summed E-state index contributed by atoms with van der Waals surface area (Å²) in [5.41, 5.74) is 0. The van der Waals surface area contributed by atoms with Crippen molar-refractivity contribution in [1.82, 2.24) is 0 Å². The zero-order valence-corrected chi connectivity index (χ0v) is 14.5. The van der Waals surface area contributed by atoms with Gasteiger partial charge in [-0.3, -0.25) is 0 Å². The summed E-state index contributed by atoms with van der Waals surface area (Å²) < 4.78 is 0. The summed E-state index contributed by atoms with van der Waals surface area (Å²) in [6.07, 6.45) is 14.1. The highest BCUT2D eigenvalue weighted by atomic mass is 31.0. The first-order valence-electron chi connectivity index (χ1n) is 8.30. The molecule has 4 unspecified atom stereocenters. The first-order valence-corrected chi connectivity index (χ1v) is 9.11. The minimum atomic E-state index is 0.899. The Hall–Kier alpha value is 0.430. The van der Waals surface area contributed by atoms with Crippen molar-refractivity contribution in [2.45, 2.75) is 85.5 Å². The lowest BCUT2D eigenvalue weighted by Gasteiger charge is -2.15. The molecule has 110 valence electrons.